The normalized spacial score (nSPS) is 10.9. The van der Waals surface area contributed by atoms with Crippen molar-refractivity contribution in [1.29, 1.82) is 0 Å². The molecule has 0 aliphatic rings. The van der Waals surface area contributed by atoms with Gasteiger partial charge in [0.05, 0.1) is 8.79 Å². The smallest absolute Gasteiger partial charge is 0.0896 e. The molecule has 0 saturated heterocycles. The number of hydrogen-bond acceptors (Lipinski definition) is 4. The van der Waals surface area contributed by atoms with E-state index in [0.717, 1.165) is 24.5 Å². The molecule has 0 unspecified atom stereocenters. The first-order valence-corrected chi connectivity index (χ1v) is 7.53. The van der Waals surface area contributed by atoms with Crippen molar-refractivity contribution < 1.29 is 0 Å². The SMILES string of the molecule is Cc1ncc(CCNCc2ccc(Br)s2)s1. The Kier molecular flexibility index (Phi) is 4.52. The Morgan fingerprint density at radius 2 is 2.19 bits per heavy atom. The van der Waals surface area contributed by atoms with Gasteiger partial charge in [-0.05, 0) is 41.4 Å². The van der Waals surface area contributed by atoms with E-state index >= 15 is 0 Å². The lowest BCUT2D eigenvalue weighted by atomic mass is 10.3. The molecule has 0 bridgehead atoms. The highest BCUT2D eigenvalue weighted by molar-refractivity contribution is 9.11. The molecule has 0 fully saturated rings. The standard InChI is InChI=1S/C11H13BrN2S2/c1-8-14-7-10(15-8)4-5-13-6-9-2-3-11(12)16-9/h2-3,7,13H,4-6H2,1H3. The summed E-state index contributed by atoms with van der Waals surface area (Å²) >= 11 is 7.03. The van der Waals surface area contributed by atoms with Gasteiger partial charge in [-0.3, -0.25) is 0 Å². The summed E-state index contributed by atoms with van der Waals surface area (Å²) in [4.78, 5) is 6.97. The maximum absolute atomic E-state index is 4.24. The minimum atomic E-state index is 0.952. The number of aromatic nitrogens is 1. The van der Waals surface area contributed by atoms with Crippen molar-refractivity contribution in [2.75, 3.05) is 6.54 Å². The molecule has 0 aliphatic carbocycles. The van der Waals surface area contributed by atoms with E-state index in [1.165, 1.54) is 13.5 Å². The van der Waals surface area contributed by atoms with Crippen molar-refractivity contribution in [3.63, 3.8) is 0 Å². The molecule has 1 N–H and O–H groups in total. The maximum Gasteiger partial charge on any atom is 0.0896 e. The van der Waals surface area contributed by atoms with Crippen LogP contribution in [0.25, 0.3) is 0 Å². The van der Waals surface area contributed by atoms with Crippen LogP contribution in [0, 0.1) is 6.92 Å². The third-order valence-electron chi connectivity index (χ3n) is 2.15. The fourth-order valence-corrected chi connectivity index (χ4v) is 3.64. The summed E-state index contributed by atoms with van der Waals surface area (Å²) in [5.74, 6) is 0. The molecule has 86 valence electrons. The molecule has 0 atom stereocenters. The van der Waals surface area contributed by atoms with Gasteiger partial charge in [0.2, 0.25) is 0 Å². The van der Waals surface area contributed by atoms with Crippen molar-refractivity contribution in [3.8, 4) is 0 Å². The average Bonchev–Trinajstić information content (AvgIpc) is 2.83. The van der Waals surface area contributed by atoms with Crippen molar-refractivity contribution in [3.05, 3.63) is 36.9 Å². The van der Waals surface area contributed by atoms with Crippen LogP contribution in [0.3, 0.4) is 0 Å². The van der Waals surface area contributed by atoms with Crippen molar-refractivity contribution in [2.45, 2.75) is 19.9 Å². The Morgan fingerprint density at radius 3 is 2.81 bits per heavy atom. The van der Waals surface area contributed by atoms with Crippen LogP contribution in [0.4, 0.5) is 0 Å². The number of hydrogen-bond donors (Lipinski definition) is 1. The lowest BCUT2D eigenvalue weighted by molar-refractivity contribution is 0.697. The minimum absolute atomic E-state index is 0.952. The van der Waals surface area contributed by atoms with Gasteiger partial charge in [-0.15, -0.1) is 22.7 Å². The number of rotatable bonds is 5. The summed E-state index contributed by atoms with van der Waals surface area (Å²) in [6.07, 6.45) is 3.04. The second-order valence-corrected chi connectivity index (χ2v) is 7.35. The molecular formula is C11H13BrN2S2. The molecule has 16 heavy (non-hydrogen) atoms. The van der Waals surface area contributed by atoms with Gasteiger partial charge in [-0.2, -0.15) is 0 Å². The van der Waals surface area contributed by atoms with Crippen LogP contribution in [-0.2, 0) is 13.0 Å². The highest BCUT2D eigenvalue weighted by Gasteiger charge is 1.99. The van der Waals surface area contributed by atoms with Gasteiger partial charge in [0, 0.05) is 29.0 Å². The van der Waals surface area contributed by atoms with E-state index in [0.29, 0.717) is 0 Å². The van der Waals surface area contributed by atoms with Gasteiger partial charge in [0.15, 0.2) is 0 Å². The lowest BCUT2D eigenvalue weighted by Gasteiger charge is -2.00. The summed E-state index contributed by atoms with van der Waals surface area (Å²) in [6, 6.07) is 4.24. The van der Waals surface area contributed by atoms with E-state index in [1.54, 1.807) is 22.7 Å². The van der Waals surface area contributed by atoms with E-state index in [4.69, 9.17) is 0 Å². The molecule has 2 nitrogen and oxygen atoms in total. The number of thiophene rings is 1. The quantitative estimate of drug-likeness (QED) is 0.852. The molecule has 2 aromatic rings. The number of aryl methyl sites for hydroxylation is 1. The van der Waals surface area contributed by atoms with E-state index in [-0.39, 0.29) is 0 Å². The van der Waals surface area contributed by atoms with E-state index in [9.17, 15) is 0 Å². The largest absolute Gasteiger partial charge is 0.311 e. The molecule has 5 heteroatoms. The highest BCUT2D eigenvalue weighted by atomic mass is 79.9. The van der Waals surface area contributed by atoms with E-state index < -0.39 is 0 Å². The monoisotopic (exact) mass is 316 g/mol. The van der Waals surface area contributed by atoms with Crippen molar-refractivity contribution in [2.24, 2.45) is 0 Å². The van der Waals surface area contributed by atoms with Crippen molar-refractivity contribution >= 4 is 38.6 Å². The molecule has 2 rings (SSSR count). The number of nitrogens with one attached hydrogen (secondary N) is 1. The number of thiazole rings is 1. The first-order valence-electron chi connectivity index (χ1n) is 5.10. The van der Waals surface area contributed by atoms with Crippen LogP contribution in [0.1, 0.15) is 14.8 Å². The summed E-state index contributed by atoms with van der Waals surface area (Å²) in [6.45, 7) is 4.01. The molecule has 0 amide bonds. The Bertz CT molecular complexity index is 408. The topological polar surface area (TPSA) is 24.9 Å². The van der Waals surface area contributed by atoms with Crippen LogP contribution in [0.15, 0.2) is 22.1 Å². The fourth-order valence-electron chi connectivity index (χ4n) is 1.39. The summed E-state index contributed by atoms with van der Waals surface area (Å²) in [5.41, 5.74) is 0. The van der Waals surface area contributed by atoms with Gasteiger partial charge < -0.3 is 5.32 Å². The van der Waals surface area contributed by atoms with Gasteiger partial charge in [0.25, 0.3) is 0 Å². The molecule has 0 aromatic carbocycles. The Hall–Kier alpha value is -0.230. The lowest BCUT2D eigenvalue weighted by Crippen LogP contribution is -2.15. The van der Waals surface area contributed by atoms with E-state index in [1.807, 2.05) is 13.1 Å². The maximum atomic E-state index is 4.24. The molecular weight excluding hydrogens is 304 g/mol. The molecule has 0 radical (unpaired) electrons. The third kappa shape index (κ3) is 3.66. The summed E-state index contributed by atoms with van der Waals surface area (Å²) in [7, 11) is 0. The number of nitrogens with zero attached hydrogens (tertiary/aromatic N) is 1. The van der Waals surface area contributed by atoms with Gasteiger partial charge in [0.1, 0.15) is 0 Å². The molecule has 2 aromatic heterocycles. The first kappa shape index (κ1) is 12.2. The van der Waals surface area contributed by atoms with Gasteiger partial charge in [-0.1, -0.05) is 0 Å². The minimum Gasteiger partial charge on any atom is -0.311 e. The molecule has 0 aliphatic heterocycles. The Balaban J connectivity index is 1.69. The zero-order valence-electron chi connectivity index (χ0n) is 9.00. The van der Waals surface area contributed by atoms with Gasteiger partial charge >= 0.3 is 0 Å². The zero-order valence-corrected chi connectivity index (χ0v) is 12.2. The highest BCUT2D eigenvalue weighted by Crippen LogP contribution is 2.21. The van der Waals surface area contributed by atoms with Crippen molar-refractivity contribution in [1.82, 2.24) is 10.3 Å². The molecule has 2 heterocycles. The van der Waals surface area contributed by atoms with Crippen LogP contribution in [-0.4, -0.2) is 11.5 Å². The fraction of sp³-hybridized carbons (Fsp3) is 0.364. The van der Waals surface area contributed by atoms with Gasteiger partial charge in [-0.25, -0.2) is 4.98 Å². The molecule has 0 saturated carbocycles. The van der Waals surface area contributed by atoms with Crippen LogP contribution in [0.5, 0.6) is 0 Å². The van der Waals surface area contributed by atoms with Crippen LogP contribution >= 0.6 is 38.6 Å². The van der Waals surface area contributed by atoms with Crippen LogP contribution < -0.4 is 5.32 Å². The zero-order chi connectivity index (χ0) is 11.4. The molecule has 0 spiro atoms. The Morgan fingerprint density at radius 1 is 1.31 bits per heavy atom. The second-order valence-electron chi connectivity index (χ2n) is 3.48. The second kappa shape index (κ2) is 5.91. The predicted octanol–water partition coefficient (Wildman–Crippen LogP) is 3.61. The summed E-state index contributed by atoms with van der Waals surface area (Å²) in [5, 5.41) is 4.59. The Labute approximate surface area is 112 Å². The van der Waals surface area contributed by atoms with E-state index in [2.05, 4.69) is 38.4 Å². The summed E-state index contributed by atoms with van der Waals surface area (Å²) < 4.78 is 1.20. The number of halogens is 1. The predicted molar refractivity (Wildman–Crippen MR) is 74.3 cm³/mol. The van der Waals surface area contributed by atoms with Crippen LogP contribution in [0.2, 0.25) is 0 Å². The average molecular weight is 317 g/mol. The first-order chi connectivity index (χ1) is 7.74. The third-order valence-corrected chi connectivity index (χ3v) is 4.74.